The number of hydroxylamine groups is 1. The first kappa shape index (κ1) is 27.6. The molecule has 7 nitrogen and oxygen atoms in total. The molecular weight excluding hydrogens is 466 g/mol. The Morgan fingerprint density at radius 3 is 2.22 bits per heavy atom. The highest BCUT2D eigenvalue weighted by atomic mass is 16.5. The number of carbonyl (C=O) groups excluding carboxylic acids is 3. The summed E-state index contributed by atoms with van der Waals surface area (Å²) in [6.45, 7) is 4.31. The van der Waals surface area contributed by atoms with E-state index in [9.17, 15) is 14.4 Å². The molecule has 0 bridgehead atoms. The molecular formula is C30H35N3O4. The molecule has 0 aliphatic rings. The van der Waals surface area contributed by atoms with E-state index in [1.807, 2.05) is 92.7 Å². The molecule has 37 heavy (non-hydrogen) atoms. The number of hydrogen-bond donors (Lipinski definition) is 4. The molecule has 3 rings (SSSR count). The number of hydrogen-bond acceptors (Lipinski definition) is 4. The Bertz CT molecular complexity index is 1180. The molecule has 0 fully saturated rings. The zero-order valence-electron chi connectivity index (χ0n) is 21.4. The van der Waals surface area contributed by atoms with Crippen LogP contribution >= 0.6 is 0 Å². The van der Waals surface area contributed by atoms with E-state index in [1.165, 1.54) is 0 Å². The lowest BCUT2D eigenvalue weighted by Gasteiger charge is -2.23. The fraction of sp³-hybridized carbons (Fsp3) is 0.300. The van der Waals surface area contributed by atoms with Crippen LogP contribution in [-0.2, 0) is 20.9 Å². The quantitative estimate of drug-likeness (QED) is 0.210. The Balaban J connectivity index is 1.83. The molecule has 0 spiro atoms. The molecule has 0 heterocycles. The van der Waals surface area contributed by atoms with Gasteiger partial charge < -0.3 is 10.6 Å². The van der Waals surface area contributed by atoms with E-state index < -0.39 is 23.8 Å². The highest BCUT2D eigenvalue weighted by molar-refractivity contribution is 5.91. The Morgan fingerprint density at radius 2 is 1.57 bits per heavy atom. The Labute approximate surface area is 218 Å². The molecule has 2 atom stereocenters. The van der Waals surface area contributed by atoms with E-state index in [4.69, 9.17) is 5.21 Å². The molecule has 4 N–H and O–H groups in total. The van der Waals surface area contributed by atoms with Crippen LogP contribution in [0.4, 0.5) is 0 Å². The van der Waals surface area contributed by atoms with Crippen LogP contribution in [0.5, 0.6) is 0 Å². The van der Waals surface area contributed by atoms with Crippen molar-refractivity contribution in [3.8, 4) is 11.1 Å². The van der Waals surface area contributed by atoms with Crippen LogP contribution in [0, 0.1) is 12.8 Å². The third kappa shape index (κ3) is 8.29. The minimum absolute atomic E-state index is 0.160. The van der Waals surface area contributed by atoms with Crippen molar-refractivity contribution in [3.05, 3.63) is 95.6 Å². The van der Waals surface area contributed by atoms with Gasteiger partial charge in [0.05, 0.1) is 0 Å². The highest BCUT2D eigenvalue weighted by Crippen LogP contribution is 2.23. The molecule has 0 aliphatic heterocycles. The number of amides is 3. The maximum atomic E-state index is 13.4. The first-order valence-electron chi connectivity index (χ1n) is 12.6. The summed E-state index contributed by atoms with van der Waals surface area (Å²) in [5, 5.41) is 14.8. The minimum atomic E-state index is -0.941. The van der Waals surface area contributed by atoms with Crippen molar-refractivity contribution < 1.29 is 19.6 Å². The molecule has 194 valence electrons. The predicted octanol–water partition coefficient (Wildman–Crippen LogP) is 4.84. The van der Waals surface area contributed by atoms with Gasteiger partial charge in [-0.25, -0.2) is 5.48 Å². The lowest BCUT2D eigenvalue weighted by molar-refractivity contribution is -0.136. The van der Waals surface area contributed by atoms with Crippen LogP contribution in [0.15, 0.2) is 78.9 Å². The fourth-order valence-electron chi connectivity index (χ4n) is 4.22. The standard InChI is InChI=1S/C30H35N3O4/c1-3-4-11-26(19-27(34)33-37)29(35)32-28(30(36)31-20-22-10-8-9-21(2)18-22)25-16-14-24(15-17-25)23-12-6-5-7-13-23/h5-10,12-18,26,28,37H,3-4,11,19-20H2,1-2H3,(H,31,36)(H,32,35)(H,33,34)/t26-,28?/m1/s1. The summed E-state index contributed by atoms with van der Waals surface area (Å²) in [5.41, 5.74) is 6.33. The average Bonchev–Trinajstić information content (AvgIpc) is 2.93. The molecule has 1 unspecified atom stereocenters. The number of nitrogens with one attached hydrogen (secondary N) is 3. The number of benzene rings is 3. The van der Waals surface area contributed by atoms with E-state index in [0.717, 1.165) is 35.1 Å². The molecule has 3 aromatic rings. The van der Waals surface area contributed by atoms with Crippen molar-refractivity contribution in [3.63, 3.8) is 0 Å². The van der Waals surface area contributed by atoms with Gasteiger partial charge in [0.15, 0.2) is 0 Å². The number of rotatable bonds is 12. The van der Waals surface area contributed by atoms with Crippen molar-refractivity contribution in [1.82, 2.24) is 16.1 Å². The molecule has 0 saturated heterocycles. The Morgan fingerprint density at radius 1 is 0.865 bits per heavy atom. The van der Waals surface area contributed by atoms with Gasteiger partial charge in [0.25, 0.3) is 0 Å². The van der Waals surface area contributed by atoms with Crippen LogP contribution in [-0.4, -0.2) is 22.9 Å². The van der Waals surface area contributed by atoms with Crippen LogP contribution < -0.4 is 16.1 Å². The van der Waals surface area contributed by atoms with Gasteiger partial charge in [-0.05, 0) is 35.6 Å². The van der Waals surface area contributed by atoms with Gasteiger partial charge >= 0.3 is 0 Å². The summed E-state index contributed by atoms with van der Waals surface area (Å²) in [4.78, 5) is 38.4. The summed E-state index contributed by atoms with van der Waals surface area (Å²) in [5.74, 6) is -2.05. The van der Waals surface area contributed by atoms with Crippen molar-refractivity contribution in [2.24, 2.45) is 5.92 Å². The first-order valence-corrected chi connectivity index (χ1v) is 12.6. The van der Waals surface area contributed by atoms with Gasteiger partial charge in [-0.2, -0.15) is 0 Å². The van der Waals surface area contributed by atoms with Crippen LogP contribution in [0.1, 0.15) is 55.3 Å². The molecule has 0 aliphatic carbocycles. The topological polar surface area (TPSA) is 108 Å². The molecule has 0 saturated carbocycles. The van der Waals surface area contributed by atoms with Gasteiger partial charge in [0.1, 0.15) is 6.04 Å². The van der Waals surface area contributed by atoms with Crippen molar-refractivity contribution in [1.29, 1.82) is 0 Å². The van der Waals surface area contributed by atoms with Crippen molar-refractivity contribution in [2.75, 3.05) is 0 Å². The molecule has 0 radical (unpaired) electrons. The van der Waals surface area contributed by atoms with Crippen LogP contribution in [0.2, 0.25) is 0 Å². The summed E-state index contributed by atoms with van der Waals surface area (Å²) in [6.07, 6.45) is 1.91. The average molecular weight is 502 g/mol. The fourth-order valence-corrected chi connectivity index (χ4v) is 4.22. The van der Waals surface area contributed by atoms with Gasteiger partial charge in [0, 0.05) is 18.9 Å². The SMILES string of the molecule is CCCC[C@H](CC(=O)NO)C(=O)NC(C(=O)NCc1cccc(C)c1)c1ccc(-c2ccccc2)cc1. The number of carbonyl (C=O) groups is 3. The van der Waals surface area contributed by atoms with E-state index in [-0.39, 0.29) is 12.3 Å². The molecule has 7 heteroatoms. The van der Waals surface area contributed by atoms with Gasteiger partial charge in [0.2, 0.25) is 17.7 Å². The molecule has 3 amide bonds. The first-order chi connectivity index (χ1) is 17.9. The van der Waals surface area contributed by atoms with Crippen molar-refractivity contribution in [2.45, 2.75) is 52.1 Å². The second-order valence-electron chi connectivity index (χ2n) is 9.21. The summed E-state index contributed by atoms with van der Waals surface area (Å²) in [6, 6.07) is 24.3. The Hall–Kier alpha value is -3.97. The smallest absolute Gasteiger partial charge is 0.247 e. The second-order valence-corrected chi connectivity index (χ2v) is 9.21. The predicted molar refractivity (Wildman–Crippen MR) is 143 cm³/mol. The minimum Gasteiger partial charge on any atom is -0.350 e. The molecule has 0 aromatic heterocycles. The van der Waals surface area contributed by atoms with Gasteiger partial charge in [-0.1, -0.05) is 104 Å². The largest absolute Gasteiger partial charge is 0.350 e. The Kier molecular flexibility index (Phi) is 10.4. The van der Waals surface area contributed by atoms with Gasteiger partial charge in [-0.15, -0.1) is 0 Å². The lowest BCUT2D eigenvalue weighted by atomic mass is 9.95. The number of unbranched alkanes of at least 4 members (excludes halogenated alkanes) is 1. The third-order valence-electron chi connectivity index (χ3n) is 6.28. The maximum Gasteiger partial charge on any atom is 0.247 e. The normalized spacial score (nSPS) is 12.3. The monoisotopic (exact) mass is 501 g/mol. The van der Waals surface area contributed by atoms with E-state index in [1.54, 1.807) is 5.48 Å². The summed E-state index contributed by atoms with van der Waals surface area (Å²) >= 11 is 0. The van der Waals surface area contributed by atoms with E-state index in [2.05, 4.69) is 10.6 Å². The summed E-state index contributed by atoms with van der Waals surface area (Å²) in [7, 11) is 0. The zero-order valence-corrected chi connectivity index (χ0v) is 21.4. The molecule has 3 aromatic carbocycles. The third-order valence-corrected chi connectivity index (χ3v) is 6.28. The van der Waals surface area contributed by atoms with Crippen LogP contribution in [0.3, 0.4) is 0 Å². The zero-order chi connectivity index (χ0) is 26.6. The maximum absolute atomic E-state index is 13.4. The lowest BCUT2D eigenvalue weighted by Crippen LogP contribution is -2.43. The van der Waals surface area contributed by atoms with Crippen molar-refractivity contribution >= 4 is 17.7 Å². The van der Waals surface area contributed by atoms with Crippen LogP contribution in [0.25, 0.3) is 11.1 Å². The highest BCUT2D eigenvalue weighted by Gasteiger charge is 2.28. The summed E-state index contributed by atoms with van der Waals surface area (Å²) < 4.78 is 0. The second kappa shape index (κ2) is 13.9. The number of aryl methyl sites for hydroxylation is 1. The van der Waals surface area contributed by atoms with E-state index in [0.29, 0.717) is 18.5 Å². The van der Waals surface area contributed by atoms with E-state index >= 15 is 0 Å². The van der Waals surface area contributed by atoms with Gasteiger partial charge in [-0.3, -0.25) is 19.6 Å².